The molecule has 1 spiro atoms. The molecule has 3 nitrogen and oxygen atoms in total. The van der Waals surface area contributed by atoms with Crippen molar-refractivity contribution < 1.29 is 12.0 Å². The van der Waals surface area contributed by atoms with Gasteiger partial charge in [-0.2, -0.15) is 0 Å². The van der Waals surface area contributed by atoms with Gasteiger partial charge in [-0.05, 0) is 22.7 Å². The van der Waals surface area contributed by atoms with Gasteiger partial charge in [-0.1, -0.05) is 58.0 Å². The first-order valence-electron chi connectivity index (χ1n) is 9.16. The third-order valence-electron chi connectivity index (χ3n) is 5.71. The molecule has 22 heavy (non-hydrogen) atoms. The van der Waals surface area contributed by atoms with Crippen LogP contribution in [0, 0.1) is 5.41 Å². The molecule has 3 heterocycles. The van der Waals surface area contributed by atoms with Crippen molar-refractivity contribution in [3.63, 3.8) is 0 Å². The fourth-order valence-corrected chi connectivity index (χ4v) is 9.75. The van der Waals surface area contributed by atoms with Crippen LogP contribution in [0.3, 0.4) is 0 Å². The molecular weight excluding hydrogens is 290 g/mol. The van der Waals surface area contributed by atoms with Crippen LogP contribution >= 0.6 is 0 Å². The van der Waals surface area contributed by atoms with Gasteiger partial charge < -0.3 is 9.33 Å². The maximum Gasteiger partial charge on any atom is 0.239 e. The molecule has 0 N–H and O–H groups in total. The lowest BCUT2D eigenvalue weighted by Gasteiger charge is -2.43. The Bertz CT molecular complexity index is 656. The van der Waals surface area contributed by atoms with Crippen molar-refractivity contribution in [1.82, 2.24) is 4.90 Å². The Balaban J connectivity index is 2.32. The van der Waals surface area contributed by atoms with Gasteiger partial charge >= 0.3 is 0 Å². The van der Waals surface area contributed by atoms with Gasteiger partial charge in [0, 0.05) is 7.05 Å². The highest BCUT2D eigenvalue weighted by molar-refractivity contribution is 6.84. The van der Waals surface area contributed by atoms with Gasteiger partial charge in [0.1, 0.15) is 5.41 Å². The Morgan fingerprint density at radius 2 is 2.14 bits per heavy atom. The summed E-state index contributed by atoms with van der Waals surface area (Å²) in [4.78, 5) is 15.0. The first kappa shape index (κ1) is 13.3. The van der Waals surface area contributed by atoms with E-state index in [0.29, 0.717) is 29.7 Å². The summed E-state index contributed by atoms with van der Waals surface area (Å²) < 4.78 is 22.3. The normalized spacial score (nSPS) is 36.8. The molecule has 1 saturated heterocycles. The smallest absolute Gasteiger partial charge is 0.239 e. The molecule has 4 aliphatic rings. The highest BCUT2D eigenvalue weighted by atomic mass is 28.4. The first-order chi connectivity index (χ1) is 11.2. The van der Waals surface area contributed by atoms with E-state index in [9.17, 15) is 4.79 Å². The van der Waals surface area contributed by atoms with E-state index in [1.807, 2.05) is 13.1 Å². The zero-order valence-corrected chi connectivity index (χ0v) is 15.1. The molecule has 0 aromatic rings. The molecule has 0 aromatic carbocycles. The van der Waals surface area contributed by atoms with E-state index >= 15 is 0 Å². The topological polar surface area (TPSA) is 29.5 Å². The van der Waals surface area contributed by atoms with Crippen molar-refractivity contribution in [3.8, 4) is 0 Å². The lowest BCUT2D eigenvalue weighted by atomic mass is 9.79. The molecule has 2 atom stereocenters. The standard InChI is InChI=1S/C18H27NO2Si/c1-12(2)22(13(3)4)16-10-14(5)9-15-7-8-18(16,11-21-22)17(20)19(15)6/h7-8,10,12-13,15H,5,9,11H2,1-4,6H3/b16-10+/i5D2. The molecule has 120 valence electrons. The van der Waals surface area contributed by atoms with Gasteiger partial charge in [-0.3, -0.25) is 4.79 Å². The number of amides is 1. The van der Waals surface area contributed by atoms with Crippen LogP contribution in [0.2, 0.25) is 11.1 Å². The third-order valence-corrected chi connectivity index (χ3v) is 11.2. The summed E-state index contributed by atoms with van der Waals surface area (Å²) >= 11 is 0. The predicted octanol–water partition coefficient (Wildman–Crippen LogP) is 3.59. The summed E-state index contributed by atoms with van der Waals surface area (Å²) in [6.45, 7) is 8.97. The number of likely N-dealkylation sites (N-methyl/N-ethyl adjacent to an activating group) is 1. The molecule has 4 rings (SSSR count). The summed E-state index contributed by atoms with van der Waals surface area (Å²) in [6.07, 6.45) is 6.65. The Morgan fingerprint density at radius 1 is 1.45 bits per heavy atom. The monoisotopic (exact) mass is 319 g/mol. The van der Waals surface area contributed by atoms with Crippen LogP contribution < -0.4 is 0 Å². The maximum atomic E-state index is 13.2. The van der Waals surface area contributed by atoms with Crippen LogP contribution in [0.25, 0.3) is 0 Å². The highest BCUT2D eigenvalue weighted by Crippen LogP contribution is 2.55. The highest BCUT2D eigenvalue weighted by Gasteiger charge is 2.63. The summed E-state index contributed by atoms with van der Waals surface area (Å²) in [5.74, 6) is 0.104. The molecule has 1 amide bonds. The summed E-state index contributed by atoms with van der Waals surface area (Å²) in [7, 11) is -0.538. The first-order valence-corrected chi connectivity index (χ1v) is 10.2. The Morgan fingerprint density at radius 3 is 2.73 bits per heavy atom. The minimum atomic E-state index is -2.37. The van der Waals surface area contributed by atoms with Crippen molar-refractivity contribution in [2.24, 2.45) is 5.41 Å². The summed E-state index contributed by atoms with van der Waals surface area (Å²) in [6, 6.07) is -0.0728. The second-order valence-corrected chi connectivity index (χ2v) is 12.2. The third kappa shape index (κ3) is 1.80. The van der Waals surface area contributed by atoms with Gasteiger partial charge in [0.05, 0.1) is 15.4 Å². The molecule has 0 aromatic heterocycles. The van der Waals surface area contributed by atoms with Crippen LogP contribution in [0.15, 0.2) is 35.5 Å². The van der Waals surface area contributed by atoms with Crippen LogP contribution in [0.4, 0.5) is 0 Å². The molecule has 2 unspecified atom stereocenters. The summed E-state index contributed by atoms with van der Waals surface area (Å²) in [5.41, 5.74) is 0.639. The van der Waals surface area contributed by atoms with Crippen LogP contribution in [-0.4, -0.2) is 38.8 Å². The zero-order chi connectivity index (χ0) is 17.9. The number of allylic oxidation sites excluding steroid dienone is 1. The van der Waals surface area contributed by atoms with Crippen molar-refractivity contribution in [2.75, 3.05) is 13.7 Å². The van der Waals surface area contributed by atoms with E-state index in [4.69, 9.17) is 7.17 Å². The average molecular weight is 320 g/mol. The molecule has 1 fully saturated rings. The SMILES string of the molecule is [2H]C([2H])=C1/C=C2\C3(C=CC(C1)N(C)C3=O)CO[Si]2(C(C)C)C(C)C. The second kappa shape index (κ2) is 4.93. The maximum absolute atomic E-state index is 13.2. The molecular formula is C18H27NO2Si. The zero-order valence-electron chi connectivity index (χ0n) is 16.1. The van der Waals surface area contributed by atoms with Gasteiger partial charge in [0.2, 0.25) is 14.2 Å². The number of carbonyl (C=O) groups excluding carboxylic acids is 1. The number of fused-ring (bicyclic) bond motifs is 3. The van der Waals surface area contributed by atoms with Crippen molar-refractivity contribution in [3.05, 3.63) is 35.5 Å². The lowest BCUT2D eigenvalue weighted by molar-refractivity contribution is -0.139. The van der Waals surface area contributed by atoms with E-state index in [1.54, 1.807) is 4.90 Å². The Hall–Kier alpha value is -1.13. The predicted molar refractivity (Wildman–Crippen MR) is 91.9 cm³/mol. The van der Waals surface area contributed by atoms with E-state index in [1.165, 1.54) is 0 Å². The van der Waals surface area contributed by atoms with Gasteiger partial charge in [0.25, 0.3) is 0 Å². The van der Waals surface area contributed by atoms with E-state index in [2.05, 4.69) is 39.8 Å². The number of hydrogen-bond acceptors (Lipinski definition) is 2. The van der Waals surface area contributed by atoms with Crippen molar-refractivity contribution in [2.45, 2.75) is 51.2 Å². The number of rotatable bonds is 2. The molecule has 4 heteroatoms. The molecule has 1 aliphatic carbocycles. The fourth-order valence-electron chi connectivity index (χ4n) is 4.52. The van der Waals surface area contributed by atoms with E-state index in [0.717, 1.165) is 5.20 Å². The summed E-state index contributed by atoms with van der Waals surface area (Å²) in [5, 5.41) is 1.07. The number of nitrogens with zero attached hydrogens (tertiary/aromatic N) is 1. The van der Waals surface area contributed by atoms with Gasteiger partial charge in [-0.25, -0.2) is 0 Å². The van der Waals surface area contributed by atoms with E-state index in [-0.39, 0.29) is 18.5 Å². The van der Waals surface area contributed by atoms with Crippen LogP contribution in [-0.2, 0) is 9.22 Å². The van der Waals surface area contributed by atoms with Gasteiger partial charge in [0.15, 0.2) is 0 Å². The molecule has 0 saturated carbocycles. The Kier molecular flexibility index (Phi) is 2.99. The number of hydrogen-bond donors (Lipinski definition) is 0. The second-order valence-electron chi connectivity index (χ2n) is 7.49. The minimum Gasteiger partial charge on any atom is -0.410 e. The quantitative estimate of drug-likeness (QED) is 0.575. The molecule has 2 bridgehead atoms. The fraction of sp³-hybridized carbons (Fsp3) is 0.611. The lowest BCUT2D eigenvalue weighted by Crippen LogP contribution is -2.53. The molecule has 3 aliphatic heterocycles. The largest absolute Gasteiger partial charge is 0.410 e. The van der Waals surface area contributed by atoms with Crippen LogP contribution in [0.1, 0.15) is 36.9 Å². The average Bonchev–Trinajstić information content (AvgIpc) is 2.79. The van der Waals surface area contributed by atoms with Crippen LogP contribution in [0.5, 0.6) is 0 Å². The van der Waals surface area contributed by atoms with Crippen molar-refractivity contribution in [1.29, 1.82) is 0 Å². The Labute approximate surface area is 137 Å². The van der Waals surface area contributed by atoms with E-state index < -0.39 is 13.7 Å². The molecule has 0 radical (unpaired) electrons. The minimum absolute atomic E-state index is 0.0728. The van der Waals surface area contributed by atoms with Gasteiger partial charge in [-0.15, -0.1) is 0 Å². The van der Waals surface area contributed by atoms with Crippen molar-refractivity contribution >= 4 is 14.2 Å². The number of carbonyl (C=O) groups is 1.